The lowest BCUT2D eigenvalue weighted by Crippen LogP contribution is -2.39. The van der Waals surface area contributed by atoms with Gasteiger partial charge in [-0.05, 0) is 0 Å². The Kier molecular flexibility index (Phi) is 5.19. The van der Waals surface area contributed by atoms with E-state index in [1.54, 1.807) is 0 Å². The smallest absolute Gasteiger partial charge is 0.305 e. The number of carbonyl (C=O) groups excluding carboxylic acids is 1. The predicted octanol–water partition coefficient (Wildman–Crippen LogP) is -2.52. The summed E-state index contributed by atoms with van der Waals surface area (Å²) in [6.07, 6.45) is 0.337. The van der Waals surface area contributed by atoms with E-state index < -0.39 is 34.5 Å². The van der Waals surface area contributed by atoms with Gasteiger partial charge < -0.3 is 15.9 Å². The Morgan fingerprint density at radius 1 is 1.50 bits per heavy atom. The molecule has 1 heterocycles. The van der Waals surface area contributed by atoms with Crippen LogP contribution in [0.25, 0.3) is 0 Å². The van der Waals surface area contributed by atoms with Gasteiger partial charge in [-0.1, -0.05) is 0 Å². The second kappa shape index (κ2) is 6.45. The van der Waals surface area contributed by atoms with Gasteiger partial charge in [-0.15, -0.1) is 0 Å². The molecule has 0 aromatic carbocycles. The third-order valence-electron chi connectivity index (χ3n) is 2.27. The van der Waals surface area contributed by atoms with Crippen LogP contribution in [-0.4, -0.2) is 52.9 Å². The number of carbonyl (C=O) groups is 2. The van der Waals surface area contributed by atoms with Crippen LogP contribution in [-0.2, 0) is 26.2 Å². The zero-order valence-corrected chi connectivity index (χ0v) is 11.1. The number of nitrogens with one attached hydrogen (secondary N) is 1. The van der Waals surface area contributed by atoms with E-state index in [4.69, 9.17) is 15.9 Å². The number of aliphatic hydroxyl groups excluding tert-OH is 1. The van der Waals surface area contributed by atoms with Crippen molar-refractivity contribution in [1.29, 1.82) is 0 Å². The molecule has 1 unspecified atom stereocenters. The van der Waals surface area contributed by atoms with Crippen molar-refractivity contribution >= 4 is 21.9 Å². The summed E-state index contributed by atoms with van der Waals surface area (Å²) in [5.41, 5.74) is 4.78. The lowest BCUT2D eigenvalue weighted by Gasteiger charge is -2.07. The number of aromatic nitrogens is 2. The minimum Gasteiger partial charge on any atom is -0.481 e. The number of primary amides is 1. The first-order valence-electron chi connectivity index (χ1n) is 5.43. The molecule has 0 saturated heterocycles. The summed E-state index contributed by atoms with van der Waals surface area (Å²) in [7, 11) is -3.96. The van der Waals surface area contributed by atoms with E-state index in [0.717, 1.165) is 17.1 Å². The summed E-state index contributed by atoms with van der Waals surface area (Å²) in [6.45, 7) is -0.535. The van der Waals surface area contributed by atoms with Gasteiger partial charge in [0.1, 0.15) is 11.0 Å². The van der Waals surface area contributed by atoms with Crippen molar-refractivity contribution in [1.82, 2.24) is 14.5 Å². The Hall–Kier alpha value is -1.98. The first-order valence-corrected chi connectivity index (χ1v) is 6.92. The van der Waals surface area contributed by atoms with Gasteiger partial charge in [0.05, 0.1) is 19.2 Å². The molecule has 20 heavy (non-hydrogen) atoms. The lowest BCUT2D eigenvalue weighted by molar-refractivity contribution is -0.137. The van der Waals surface area contributed by atoms with E-state index >= 15 is 0 Å². The van der Waals surface area contributed by atoms with E-state index in [9.17, 15) is 18.0 Å². The van der Waals surface area contributed by atoms with Crippen LogP contribution in [0.4, 0.5) is 0 Å². The number of aryl methyl sites for hydroxylation is 1. The minimum absolute atomic E-state index is 0.0226. The van der Waals surface area contributed by atoms with Gasteiger partial charge in [0.2, 0.25) is 15.9 Å². The number of aliphatic carboxylic acids is 1. The van der Waals surface area contributed by atoms with Crippen molar-refractivity contribution in [3.63, 3.8) is 0 Å². The van der Waals surface area contributed by atoms with Crippen LogP contribution < -0.4 is 10.5 Å². The molecule has 0 aliphatic heterocycles. The highest BCUT2D eigenvalue weighted by molar-refractivity contribution is 7.89. The molecule has 1 aromatic rings. The van der Waals surface area contributed by atoms with Crippen LogP contribution in [0.3, 0.4) is 0 Å². The van der Waals surface area contributed by atoms with Gasteiger partial charge in [-0.25, -0.2) is 13.1 Å². The molecule has 0 radical (unpaired) electrons. The van der Waals surface area contributed by atoms with E-state index in [0.29, 0.717) is 0 Å². The van der Waals surface area contributed by atoms with Crippen molar-refractivity contribution in [3.8, 4) is 0 Å². The van der Waals surface area contributed by atoms with Crippen LogP contribution in [0.1, 0.15) is 6.42 Å². The largest absolute Gasteiger partial charge is 0.481 e. The van der Waals surface area contributed by atoms with Gasteiger partial charge in [0.15, 0.2) is 0 Å². The van der Waals surface area contributed by atoms with Crippen molar-refractivity contribution in [2.45, 2.75) is 24.0 Å². The molecule has 1 atom stereocenters. The molecule has 1 aromatic heterocycles. The number of carboxylic acid groups (broad SMARTS) is 1. The fraction of sp³-hybridized carbons (Fsp3) is 0.444. The first kappa shape index (κ1) is 16.1. The molecule has 0 fully saturated rings. The van der Waals surface area contributed by atoms with Gasteiger partial charge in [-0.3, -0.25) is 14.3 Å². The predicted molar refractivity (Wildman–Crippen MR) is 64.9 cm³/mol. The average Bonchev–Trinajstić information content (AvgIpc) is 2.82. The van der Waals surface area contributed by atoms with Gasteiger partial charge >= 0.3 is 5.97 Å². The molecule has 1 amide bonds. The minimum atomic E-state index is -3.96. The summed E-state index contributed by atoms with van der Waals surface area (Å²) >= 11 is 0. The number of amides is 1. The van der Waals surface area contributed by atoms with E-state index in [1.807, 2.05) is 4.72 Å². The van der Waals surface area contributed by atoms with Crippen molar-refractivity contribution in [2.75, 3.05) is 6.54 Å². The number of aliphatic hydroxyl groups is 1. The highest BCUT2D eigenvalue weighted by Crippen LogP contribution is 2.07. The molecule has 0 aliphatic carbocycles. The van der Waals surface area contributed by atoms with Gasteiger partial charge in [0, 0.05) is 12.7 Å². The molecular weight excluding hydrogens is 292 g/mol. The Labute approximate surface area is 114 Å². The normalized spacial score (nSPS) is 13.1. The fourth-order valence-electron chi connectivity index (χ4n) is 1.19. The molecule has 0 aliphatic rings. The van der Waals surface area contributed by atoms with Crippen LogP contribution >= 0.6 is 0 Å². The Balaban J connectivity index is 2.68. The average molecular weight is 306 g/mol. The number of nitrogens with zero attached hydrogens (tertiary/aromatic N) is 2. The van der Waals surface area contributed by atoms with Crippen molar-refractivity contribution < 1.29 is 28.2 Å². The summed E-state index contributed by atoms with van der Waals surface area (Å²) in [4.78, 5) is 20.7. The fourth-order valence-corrected chi connectivity index (χ4v) is 2.18. The molecule has 10 nitrogen and oxygen atoms in total. The van der Waals surface area contributed by atoms with Crippen molar-refractivity contribution in [2.24, 2.45) is 5.73 Å². The summed E-state index contributed by atoms with van der Waals surface area (Å²) in [5, 5.41) is 21.3. The van der Waals surface area contributed by atoms with Crippen LogP contribution in [0, 0.1) is 0 Å². The molecular formula is C9H14N4O6S. The maximum atomic E-state index is 11.8. The molecule has 112 valence electrons. The molecule has 1 rings (SSSR count). The highest BCUT2D eigenvalue weighted by Gasteiger charge is 2.20. The second-order valence-corrected chi connectivity index (χ2v) is 5.62. The molecule has 0 bridgehead atoms. The topological polar surface area (TPSA) is 165 Å². The van der Waals surface area contributed by atoms with Crippen LogP contribution in [0.2, 0.25) is 0 Å². The Morgan fingerprint density at radius 3 is 2.70 bits per heavy atom. The zero-order chi connectivity index (χ0) is 15.3. The molecule has 11 heteroatoms. The molecule has 5 N–H and O–H groups in total. The van der Waals surface area contributed by atoms with E-state index in [2.05, 4.69) is 5.10 Å². The Bertz CT molecular complexity index is 595. The van der Waals surface area contributed by atoms with Gasteiger partial charge in [-0.2, -0.15) is 5.10 Å². The Morgan fingerprint density at radius 2 is 2.15 bits per heavy atom. The number of nitrogens with two attached hydrogens (primary N) is 1. The number of sulfonamides is 1. The highest BCUT2D eigenvalue weighted by atomic mass is 32.2. The van der Waals surface area contributed by atoms with E-state index in [1.165, 1.54) is 0 Å². The van der Waals surface area contributed by atoms with Crippen molar-refractivity contribution in [3.05, 3.63) is 12.4 Å². The zero-order valence-electron chi connectivity index (χ0n) is 10.3. The number of hydrogen-bond acceptors (Lipinski definition) is 6. The SMILES string of the molecule is NC(=O)C(O)CNS(=O)(=O)c1cnn(CCC(=O)O)c1. The first-order chi connectivity index (χ1) is 9.22. The van der Waals surface area contributed by atoms with E-state index in [-0.39, 0.29) is 17.9 Å². The number of hydrogen-bond donors (Lipinski definition) is 4. The third kappa shape index (κ3) is 4.60. The van der Waals surface area contributed by atoms with Crippen LogP contribution in [0.15, 0.2) is 17.3 Å². The third-order valence-corrected chi connectivity index (χ3v) is 3.65. The monoisotopic (exact) mass is 306 g/mol. The molecule has 0 spiro atoms. The second-order valence-electron chi connectivity index (χ2n) is 3.85. The van der Waals surface area contributed by atoms with Crippen LogP contribution in [0.5, 0.6) is 0 Å². The maximum Gasteiger partial charge on any atom is 0.305 e. The van der Waals surface area contributed by atoms with Gasteiger partial charge in [0.25, 0.3) is 0 Å². The molecule has 0 saturated carbocycles. The number of carboxylic acids is 1. The summed E-state index contributed by atoms with van der Waals surface area (Å²) in [6, 6.07) is 0. The quantitative estimate of drug-likeness (QED) is 0.411. The summed E-state index contributed by atoms with van der Waals surface area (Å²) < 4.78 is 26.7. The number of rotatable bonds is 8. The maximum absolute atomic E-state index is 11.8. The standard InChI is InChI=1S/C9H14N4O6S/c10-9(17)7(14)4-12-20(18,19)6-3-11-13(5-6)2-1-8(15)16/h3,5,7,12,14H,1-2,4H2,(H2,10,17)(H,15,16). The lowest BCUT2D eigenvalue weighted by atomic mass is 10.3. The summed E-state index contributed by atoms with van der Waals surface area (Å²) in [5.74, 6) is -2.09.